The molecule has 0 radical (unpaired) electrons. The lowest BCUT2D eigenvalue weighted by molar-refractivity contribution is 0.372. The zero-order chi connectivity index (χ0) is 10.2. The van der Waals surface area contributed by atoms with Gasteiger partial charge in [-0.25, -0.2) is 0 Å². The number of rotatable bonds is 2. The van der Waals surface area contributed by atoms with Crippen molar-refractivity contribution < 1.29 is 0 Å². The number of nitrogens with zero attached hydrogens (tertiary/aromatic N) is 1. The minimum atomic E-state index is 0.484. The zero-order valence-corrected chi connectivity index (χ0v) is 9.21. The lowest BCUT2D eigenvalue weighted by Gasteiger charge is -2.18. The van der Waals surface area contributed by atoms with Gasteiger partial charge in [0.05, 0.1) is 6.04 Å². The van der Waals surface area contributed by atoms with Crippen LogP contribution in [0.15, 0.2) is 4.99 Å². The number of hydrogen-bond donors (Lipinski definition) is 2. The number of nitrogens with one attached hydrogen (secondary N) is 1. The highest BCUT2D eigenvalue weighted by atomic mass is 15.1. The SMILES string of the molecule is CC1(C)CCC(NC(N)=NC2CC2)C1. The minimum Gasteiger partial charge on any atom is -0.370 e. The average molecular weight is 195 g/mol. The summed E-state index contributed by atoms with van der Waals surface area (Å²) in [6, 6.07) is 1.07. The van der Waals surface area contributed by atoms with E-state index in [1.807, 2.05) is 0 Å². The molecule has 0 saturated heterocycles. The van der Waals surface area contributed by atoms with Crippen LogP contribution in [0.1, 0.15) is 46.0 Å². The van der Waals surface area contributed by atoms with Gasteiger partial charge in [0.25, 0.3) is 0 Å². The van der Waals surface area contributed by atoms with Crippen LogP contribution in [0.2, 0.25) is 0 Å². The predicted molar refractivity (Wildman–Crippen MR) is 59.2 cm³/mol. The number of nitrogens with two attached hydrogens (primary N) is 1. The summed E-state index contributed by atoms with van der Waals surface area (Å²) in [7, 11) is 0. The topological polar surface area (TPSA) is 50.4 Å². The van der Waals surface area contributed by atoms with Gasteiger partial charge in [0.2, 0.25) is 0 Å². The summed E-state index contributed by atoms with van der Waals surface area (Å²) in [5, 5.41) is 3.33. The van der Waals surface area contributed by atoms with Crippen molar-refractivity contribution in [1.82, 2.24) is 5.32 Å². The van der Waals surface area contributed by atoms with E-state index < -0.39 is 0 Å². The van der Waals surface area contributed by atoms with Crippen LogP contribution < -0.4 is 11.1 Å². The molecule has 2 saturated carbocycles. The normalized spacial score (nSPS) is 31.9. The maximum atomic E-state index is 5.82. The third-order valence-corrected chi connectivity index (χ3v) is 3.19. The van der Waals surface area contributed by atoms with Crippen LogP contribution in [-0.4, -0.2) is 18.0 Å². The van der Waals surface area contributed by atoms with E-state index in [0.717, 1.165) is 0 Å². The minimum absolute atomic E-state index is 0.484. The molecule has 3 heteroatoms. The second-order valence-corrected chi connectivity index (χ2v) is 5.49. The average Bonchev–Trinajstić information content (AvgIpc) is 2.78. The van der Waals surface area contributed by atoms with Gasteiger partial charge >= 0.3 is 0 Å². The molecule has 2 aliphatic rings. The molecule has 0 aliphatic heterocycles. The van der Waals surface area contributed by atoms with Gasteiger partial charge in [0.15, 0.2) is 5.96 Å². The van der Waals surface area contributed by atoms with Crippen molar-refractivity contribution >= 4 is 5.96 Å². The molecule has 2 fully saturated rings. The molecule has 2 aliphatic carbocycles. The summed E-state index contributed by atoms with van der Waals surface area (Å²) in [6.07, 6.45) is 6.18. The molecule has 1 unspecified atom stereocenters. The quantitative estimate of drug-likeness (QED) is 0.520. The maximum Gasteiger partial charge on any atom is 0.189 e. The molecule has 14 heavy (non-hydrogen) atoms. The van der Waals surface area contributed by atoms with Crippen LogP contribution in [0.5, 0.6) is 0 Å². The van der Waals surface area contributed by atoms with Crippen LogP contribution in [-0.2, 0) is 0 Å². The molecule has 0 amide bonds. The van der Waals surface area contributed by atoms with E-state index in [1.165, 1.54) is 32.1 Å². The Labute approximate surface area is 86.2 Å². The van der Waals surface area contributed by atoms with Gasteiger partial charge in [-0.05, 0) is 37.5 Å². The third kappa shape index (κ3) is 2.63. The fourth-order valence-corrected chi connectivity index (χ4v) is 2.21. The number of aliphatic imine (C=N–C) groups is 1. The molecule has 0 aromatic heterocycles. The zero-order valence-electron chi connectivity index (χ0n) is 9.21. The number of hydrogen-bond acceptors (Lipinski definition) is 1. The first-order valence-electron chi connectivity index (χ1n) is 5.65. The van der Waals surface area contributed by atoms with Crippen molar-refractivity contribution in [3.05, 3.63) is 0 Å². The standard InChI is InChI=1S/C11H21N3/c1-11(2)6-5-9(7-11)14-10(12)13-8-3-4-8/h8-9H,3-7H2,1-2H3,(H3,12,13,14). The van der Waals surface area contributed by atoms with Gasteiger partial charge in [-0.15, -0.1) is 0 Å². The summed E-state index contributed by atoms with van der Waals surface area (Å²) in [4.78, 5) is 4.38. The van der Waals surface area contributed by atoms with E-state index in [9.17, 15) is 0 Å². The van der Waals surface area contributed by atoms with Gasteiger partial charge in [-0.3, -0.25) is 4.99 Å². The molecule has 3 N–H and O–H groups in total. The Morgan fingerprint density at radius 2 is 2.07 bits per heavy atom. The summed E-state index contributed by atoms with van der Waals surface area (Å²) < 4.78 is 0. The number of guanidine groups is 1. The first-order chi connectivity index (χ1) is 6.55. The maximum absolute atomic E-state index is 5.82. The Hall–Kier alpha value is -0.730. The van der Waals surface area contributed by atoms with Crippen LogP contribution in [0.3, 0.4) is 0 Å². The second kappa shape index (κ2) is 3.44. The Kier molecular flexibility index (Phi) is 2.41. The summed E-state index contributed by atoms with van der Waals surface area (Å²) in [6.45, 7) is 4.64. The fraction of sp³-hybridized carbons (Fsp3) is 0.909. The van der Waals surface area contributed by atoms with Crippen molar-refractivity contribution in [3.8, 4) is 0 Å². The Balaban J connectivity index is 1.80. The molecule has 2 rings (SSSR count). The molecule has 0 spiro atoms. The molecule has 0 aromatic rings. The van der Waals surface area contributed by atoms with Crippen molar-refractivity contribution in [2.24, 2.45) is 16.1 Å². The van der Waals surface area contributed by atoms with E-state index in [4.69, 9.17) is 5.73 Å². The molecule has 0 aromatic carbocycles. The van der Waals surface area contributed by atoms with Crippen molar-refractivity contribution in [2.75, 3.05) is 0 Å². The van der Waals surface area contributed by atoms with E-state index in [2.05, 4.69) is 24.2 Å². The fourth-order valence-electron chi connectivity index (χ4n) is 2.21. The first kappa shape index (κ1) is 9.81. The van der Waals surface area contributed by atoms with Gasteiger partial charge in [-0.1, -0.05) is 13.8 Å². The monoisotopic (exact) mass is 195 g/mol. The Morgan fingerprint density at radius 1 is 1.36 bits per heavy atom. The molecule has 1 atom stereocenters. The molecular weight excluding hydrogens is 174 g/mol. The van der Waals surface area contributed by atoms with Crippen LogP contribution >= 0.6 is 0 Å². The van der Waals surface area contributed by atoms with E-state index in [-0.39, 0.29) is 0 Å². The van der Waals surface area contributed by atoms with Crippen LogP contribution in [0.4, 0.5) is 0 Å². The Morgan fingerprint density at radius 3 is 2.57 bits per heavy atom. The molecule has 80 valence electrons. The van der Waals surface area contributed by atoms with E-state index in [1.54, 1.807) is 0 Å². The predicted octanol–water partition coefficient (Wildman–Crippen LogP) is 1.63. The molecule has 0 bridgehead atoms. The van der Waals surface area contributed by atoms with Crippen LogP contribution in [0, 0.1) is 5.41 Å². The van der Waals surface area contributed by atoms with Gasteiger partial charge in [0.1, 0.15) is 0 Å². The second-order valence-electron chi connectivity index (χ2n) is 5.49. The Bertz CT molecular complexity index is 241. The third-order valence-electron chi connectivity index (χ3n) is 3.19. The lowest BCUT2D eigenvalue weighted by Crippen LogP contribution is -2.39. The summed E-state index contributed by atoms with van der Waals surface area (Å²) in [5.74, 6) is 0.662. The van der Waals surface area contributed by atoms with E-state index >= 15 is 0 Å². The molecule has 0 heterocycles. The van der Waals surface area contributed by atoms with Crippen molar-refractivity contribution in [1.29, 1.82) is 0 Å². The highest BCUT2D eigenvalue weighted by Gasteiger charge is 2.31. The van der Waals surface area contributed by atoms with Gasteiger partial charge in [-0.2, -0.15) is 0 Å². The smallest absolute Gasteiger partial charge is 0.189 e. The first-order valence-corrected chi connectivity index (χ1v) is 5.65. The van der Waals surface area contributed by atoms with Crippen molar-refractivity contribution in [2.45, 2.75) is 58.0 Å². The summed E-state index contributed by atoms with van der Waals surface area (Å²) in [5.41, 5.74) is 6.31. The van der Waals surface area contributed by atoms with Crippen molar-refractivity contribution in [3.63, 3.8) is 0 Å². The van der Waals surface area contributed by atoms with Gasteiger partial charge < -0.3 is 11.1 Å². The summed E-state index contributed by atoms with van der Waals surface area (Å²) >= 11 is 0. The van der Waals surface area contributed by atoms with Gasteiger partial charge in [0, 0.05) is 6.04 Å². The van der Waals surface area contributed by atoms with Crippen LogP contribution in [0.25, 0.3) is 0 Å². The largest absolute Gasteiger partial charge is 0.370 e. The highest BCUT2D eigenvalue weighted by molar-refractivity contribution is 5.78. The lowest BCUT2D eigenvalue weighted by atomic mass is 9.92. The van der Waals surface area contributed by atoms with E-state index in [0.29, 0.717) is 23.5 Å². The highest BCUT2D eigenvalue weighted by Crippen LogP contribution is 2.36. The molecule has 3 nitrogen and oxygen atoms in total. The molecular formula is C11H21N3.